The summed E-state index contributed by atoms with van der Waals surface area (Å²) in [5, 5.41) is 5.38. The van der Waals surface area contributed by atoms with Gasteiger partial charge in [0.25, 0.3) is 5.91 Å². The molecule has 2 aromatic rings. The van der Waals surface area contributed by atoms with Crippen LogP contribution in [-0.2, 0) is 14.6 Å². The number of oxazole rings is 1. The van der Waals surface area contributed by atoms with E-state index < -0.39 is 27.8 Å². The van der Waals surface area contributed by atoms with Crippen molar-refractivity contribution in [2.24, 2.45) is 0 Å². The predicted molar refractivity (Wildman–Crippen MR) is 94.1 cm³/mol. The van der Waals surface area contributed by atoms with Gasteiger partial charge in [-0.15, -0.1) is 0 Å². The number of carbonyl (C=O) groups excluding carboxylic acids is 2. The number of nitrogens with zero attached hydrogens (tertiary/aromatic N) is 1. The Kier molecular flexibility index (Phi) is 5.08. The molecule has 138 valence electrons. The highest BCUT2D eigenvalue weighted by molar-refractivity contribution is 7.91. The van der Waals surface area contributed by atoms with E-state index in [9.17, 15) is 18.0 Å². The molecule has 1 aromatic heterocycles. The van der Waals surface area contributed by atoms with Crippen LogP contribution in [0.15, 0.2) is 41.3 Å². The number of hydrogen-bond donors (Lipinski definition) is 2. The Hall–Kier alpha value is -2.68. The van der Waals surface area contributed by atoms with Crippen molar-refractivity contribution in [1.82, 2.24) is 15.6 Å². The smallest absolute Gasteiger partial charge is 0.251 e. The molecule has 8 nitrogen and oxygen atoms in total. The monoisotopic (exact) mass is 377 g/mol. The third-order valence-corrected chi connectivity index (χ3v) is 5.93. The maximum atomic E-state index is 12.5. The molecule has 0 unspecified atom stereocenters. The zero-order valence-electron chi connectivity index (χ0n) is 14.1. The maximum Gasteiger partial charge on any atom is 0.251 e. The normalized spacial score (nSPS) is 21.3. The number of sulfone groups is 1. The Morgan fingerprint density at radius 2 is 1.81 bits per heavy atom. The summed E-state index contributed by atoms with van der Waals surface area (Å²) in [6.07, 6.45) is 3.14. The van der Waals surface area contributed by atoms with Gasteiger partial charge in [-0.2, -0.15) is 0 Å². The summed E-state index contributed by atoms with van der Waals surface area (Å²) >= 11 is 0. The van der Waals surface area contributed by atoms with Gasteiger partial charge in [-0.1, -0.05) is 19.1 Å². The number of rotatable bonds is 5. The third kappa shape index (κ3) is 4.10. The van der Waals surface area contributed by atoms with E-state index in [1.54, 1.807) is 37.4 Å². The average molecular weight is 377 g/mol. The summed E-state index contributed by atoms with van der Waals surface area (Å²) in [7, 11) is -3.31. The molecule has 2 heterocycles. The molecule has 1 aromatic carbocycles. The van der Waals surface area contributed by atoms with Crippen LogP contribution in [0, 0.1) is 0 Å². The lowest BCUT2D eigenvalue weighted by Gasteiger charge is -2.20. The molecule has 2 atom stereocenters. The molecule has 2 N–H and O–H groups in total. The first kappa shape index (κ1) is 18.1. The van der Waals surface area contributed by atoms with Crippen LogP contribution in [0.5, 0.6) is 0 Å². The molecule has 1 aliphatic heterocycles. The van der Waals surface area contributed by atoms with Crippen molar-refractivity contribution < 1.29 is 22.4 Å². The number of amides is 2. The van der Waals surface area contributed by atoms with E-state index in [4.69, 9.17) is 4.42 Å². The highest BCUT2D eigenvalue weighted by atomic mass is 32.2. The van der Waals surface area contributed by atoms with E-state index in [1.807, 2.05) is 0 Å². The highest BCUT2D eigenvalue weighted by Gasteiger charge is 2.39. The van der Waals surface area contributed by atoms with Crippen molar-refractivity contribution in [3.63, 3.8) is 0 Å². The SMILES string of the molecule is CCC(=O)N[C@@H]1CS(=O)(=O)C[C@H]1NC(=O)c1ccc(-c2cnco2)cc1. The van der Waals surface area contributed by atoms with Crippen LogP contribution < -0.4 is 10.6 Å². The van der Waals surface area contributed by atoms with E-state index in [1.165, 1.54) is 6.39 Å². The van der Waals surface area contributed by atoms with Crippen molar-refractivity contribution in [2.45, 2.75) is 25.4 Å². The van der Waals surface area contributed by atoms with Gasteiger partial charge < -0.3 is 15.1 Å². The highest BCUT2D eigenvalue weighted by Crippen LogP contribution is 2.19. The van der Waals surface area contributed by atoms with Crippen LogP contribution in [0.2, 0.25) is 0 Å². The molecule has 1 saturated heterocycles. The molecule has 0 saturated carbocycles. The molecular weight excluding hydrogens is 358 g/mol. The van der Waals surface area contributed by atoms with E-state index in [0.29, 0.717) is 11.3 Å². The standard InChI is InChI=1S/C17H19N3O5S/c1-2-16(21)19-13-8-26(23,24)9-14(13)20-17(22)12-5-3-11(4-6-12)15-7-18-10-25-15/h3-7,10,13-14H,2,8-9H2,1H3,(H,19,21)(H,20,22)/t13-,14-/m1/s1. The fourth-order valence-electron chi connectivity index (χ4n) is 2.84. The summed E-state index contributed by atoms with van der Waals surface area (Å²) < 4.78 is 29.0. The van der Waals surface area contributed by atoms with Crippen LogP contribution in [0.3, 0.4) is 0 Å². The molecule has 2 amide bonds. The molecule has 3 rings (SSSR count). The van der Waals surface area contributed by atoms with Gasteiger partial charge >= 0.3 is 0 Å². The summed E-state index contributed by atoms with van der Waals surface area (Å²) in [5.41, 5.74) is 1.16. The lowest BCUT2D eigenvalue weighted by atomic mass is 10.1. The zero-order valence-corrected chi connectivity index (χ0v) is 15.0. The molecule has 0 radical (unpaired) electrons. The Labute approximate surface area is 150 Å². The number of nitrogens with one attached hydrogen (secondary N) is 2. The van der Waals surface area contributed by atoms with Crippen molar-refractivity contribution in [2.75, 3.05) is 11.5 Å². The minimum absolute atomic E-state index is 0.173. The number of aromatic nitrogens is 1. The molecule has 0 aliphatic carbocycles. The fourth-order valence-corrected chi connectivity index (χ4v) is 4.70. The first-order valence-corrected chi connectivity index (χ1v) is 9.99. The summed E-state index contributed by atoms with van der Waals surface area (Å²) in [6.45, 7) is 1.68. The molecule has 0 spiro atoms. The summed E-state index contributed by atoms with van der Waals surface area (Å²) in [5.74, 6) is -0.423. The van der Waals surface area contributed by atoms with Gasteiger partial charge in [-0.05, 0) is 12.1 Å². The Morgan fingerprint density at radius 3 is 2.38 bits per heavy atom. The van der Waals surface area contributed by atoms with Crippen LogP contribution in [0.4, 0.5) is 0 Å². The van der Waals surface area contributed by atoms with Crippen molar-refractivity contribution in [3.05, 3.63) is 42.4 Å². The molecule has 0 bridgehead atoms. The van der Waals surface area contributed by atoms with Crippen LogP contribution in [0.1, 0.15) is 23.7 Å². The lowest BCUT2D eigenvalue weighted by molar-refractivity contribution is -0.121. The molecule has 9 heteroatoms. The minimum atomic E-state index is -3.31. The predicted octanol–water partition coefficient (Wildman–Crippen LogP) is 0.763. The van der Waals surface area contributed by atoms with Gasteiger partial charge in [0, 0.05) is 17.5 Å². The molecular formula is C17H19N3O5S. The molecule has 26 heavy (non-hydrogen) atoms. The van der Waals surface area contributed by atoms with Crippen molar-refractivity contribution >= 4 is 21.7 Å². The van der Waals surface area contributed by atoms with Gasteiger partial charge in [-0.3, -0.25) is 9.59 Å². The molecule has 1 aliphatic rings. The van der Waals surface area contributed by atoms with E-state index >= 15 is 0 Å². The Morgan fingerprint density at radius 1 is 1.15 bits per heavy atom. The Balaban J connectivity index is 1.70. The van der Waals surface area contributed by atoms with Gasteiger partial charge in [0.15, 0.2) is 22.0 Å². The van der Waals surface area contributed by atoms with E-state index in [0.717, 1.165) is 5.56 Å². The van der Waals surface area contributed by atoms with Crippen LogP contribution in [0.25, 0.3) is 11.3 Å². The van der Waals surface area contributed by atoms with E-state index in [2.05, 4.69) is 15.6 Å². The Bertz CT molecular complexity index is 891. The first-order chi connectivity index (χ1) is 12.4. The van der Waals surface area contributed by atoms with E-state index in [-0.39, 0.29) is 23.8 Å². The third-order valence-electron chi connectivity index (χ3n) is 4.20. The topological polar surface area (TPSA) is 118 Å². The van der Waals surface area contributed by atoms with Crippen LogP contribution >= 0.6 is 0 Å². The zero-order chi connectivity index (χ0) is 18.7. The lowest BCUT2D eigenvalue weighted by Crippen LogP contribution is -2.50. The maximum absolute atomic E-state index is 12.5. The van der Waals surface area contributed by atoms with Crippen LogP contribution in [-0.4, -0.2) is 48.8 Å². The van der Waals surface area contributed by atoms with Gasteiger partial charge in [-0.25, -0.2) is 13.4 Å². The quantitative estimate of drug-likeness (QED) is 0.794. The summed E-state index contributed by atoms with van der Waals surface area (Å²) in [6, 6.07) is 5.41. The van der Waals surface area contributed by atoms with Crippen molar-refractivity contribution in [1.29, 1.82) is 0 Å². The van der Waals surface area contributed by atoms with Gasteiger partial charge in [0.2, 0.25) is 5.91 Å². The summed E-state index contributed by atoms with van der Waals surface area (Å²) in [4.78, 5) is 27.9. The second kappa shape index (κ2) is 7.28. The fraction of sp³-hybridized carbons (Fsp3) is 0.353. The minimum Gasteiger partial charge on any atom is -0.444 e. The number of carbonyl (C=O) groups is 2. The van der Waals surface area contributed by atoms with Gasteiger partial charge in [0.1, 0.15) is 0 Å². The van der Waals surface area contributed by atoms with Crippen molar-refractivity contribution in [3.8, 4) is 11.3 Å². The second-order valence-corrected chi connectivity index (χ2v) is 8.28. The largest absolute Gasteiger partial charge is 0.444 e. The second-order valence-electron chi connectivity index (χ2n) is 6.13. The average Bonchev–Trinajstić information content (AvgIpc) is 3.23. The number of hydrogen-bond acceptors (Lipinski definition) is 6. The first-order valence-electron chi connectivity index (χ1n) is 8.17. The molecule has 1 fully saturated rings. The van der Waals surface area contributed by atoms with Gasteiger partial charge in [0.05, 0.1) is 29.8 Å². The number of benzene rings is 1.